The molecule has 0 saturated carbocycles. The van der Waals surface area contributed by atoms with Crippen molar-refractivity contribution in [1.82, 2.24) is 15.1 Å². The number of imidazole rings is 1. The van der Waals surface area contributed by atoms with Gasteiger partial charge in [0.15, 0.2) is 23.1 Å². The molecule has 6 nitrogen and oxygen atoms in total. The Bertz CT molecular complexity index is 1090. The van der Waals surface area contributed by atoms with Gasteiger partial charge in [-0.3, -0.25) is 4.79 Å². The van der Waals surface area contributed by atoms with Crippen LogP contribution in [0.1, 0.15) is 10.5 Å². The van der Waals surface area contributed by atoms with Gasteiger partial charge in [0.2, 0.25) is 0 Å². The molecule has 0 aliphatic heterocycles. The van der Waals surface area contributed by atoms with E-state index in [-0.39, 0.29) is 17.0 Å². The lowest BCUT2D eigenvalue weighted by Crippen LogP contribution is -2.11. The van der Waals surface area contributed by atoms with E-state index in [0.29, 0.717) is 5.69 Å². The largest absolute Gasteiger partial charge is 0.355 e. The number of halogens is 2. The van der Waals surface area contributed by atoms with Crippen LogP contribution < -0.4 is 5.32 Å². The highest BCUT2D eigenvalue weighted by Gasteiger charge is 2.15. The maximum absolute atomic E-state index is 13.3. The van der Waals surface area contributed by atoms with E-state index in [2.05, 4.69) is 20.4 Å². The number of carbonyl (C=O) groups is 1. The maximum Gasteiger partial charge on any atom is 0.277 e. The molecule has 4 aromatic rings. The summed E-state index contributed by atoms with van der Waals surface area (Å²) in [4.78, 5) is 19.3. The minimum atomic E-state index is -1.01. The first-order valence-corrected chi connectivity index (χ1v) is 7.92. The molecular formula is C19H12F2N4O2. The Morgan fingerprint density at radius 1 is 1.00 bits per heavy atom. The first-order valence-electron chi connectivity index (χ1n) is 7.92. The lowest BCUT2D eigenvalue weighted by Gasteiger charge is -2.04. The molecule has 0 saturated heterocycles. The number of carbonyl (C=O) groups excluding carboxylic acids is 1. The van der Waals surface area contributed by atoms with Gasteiger partial charge in [-0.05, 0) is 35.9 Å². The molecule has 2 aromatic carbocycles. The van der Waals surface area contributed by atoms with Gasteiger partial charge < -0.3 is 14.8 Å². The standard InChI is InChI=1S/C19H12F2N4O2/c20-14-6-3-12(7-15(14)21)18-8-16(25-27-18)19(26)24-13-4-1-11(2-5-13)17-9-22-10-23-17/h1-10H,(H,22,23)(H,24,26). The molecule has 2 aromatic heterocycles. The highest BCUT2D eigenvalue weighted by molar-refractivity contribution is 6.03. The van der Waals surface area contributed by atoms with Gasteiger partial charge in [0.05, 0.1) is 18.2 Å². The highest BCUT2D eigenvalue weighted by Crippen LogP contribution is 2.23. The highest BCUT2D eigenvalue weighted by atomic mass is 19.2. The number of benzene rings is 2. The molecule has 2 heterocycles. The van der Waals surface area contributed by atoms with Gasteiger partial charge in [-0.1, -0.05) is 17.3 Å². The van der Waals surface area contributed by atoms with Crippen LogP contribution in [0, 0.1) is 11.6 Å². The Morgan fingerprint density at radius 2 is 1.78 bits per heavy atom. The maximum atomic E-state index is 13.3. The molecule has 4 rings (SSSR count). The Hall–Kier alpha value is -3.81. The molecule has 0 radical (unpaired) electrons. The number of anilines is 1. The lowest BCUT2D eigenvalue weighted by molar-refractivity contribution is 0.101. The molecule has 0 aliphatic rings. The van der Waals surface area contributed by atoms with Crippen molar-refractivity contribution in [3.63, 3.8) is 0 Å². The minimum absolute atomic E-state index is 0.0207. The smallest absolute Gasteiger partial charge is 0.277 e. The van der Waals surface area contributed by atoms with Crippen molar-refractivity contribution in [2.24, 2.45) is 0 Å². The van der Waals surface area contributed by atoms with Crippen molar-refractivity contribution in [2.75, 3.05) is 5.32 Å². The summed E-state index contributed by atoms with van der Waals surface area (Å²) in [5.74, 6) is -2.29. The Labute approximate surface area is 151 Å². The normalized spacial score (nSPS) is 10.7. The molecule has 134 valence electrons. The topological polar surface area (TPSA) is 83.8 Å². The predicted molar refractivity (Wildman–Crippen MR) is 93.8 cm³/mol. The van der Waals surface area contributed by atoms with Crippen LogP contribution in [0.2, 0.25) is 0 Å². The van der Waals surface area contributed by atoms with Crippen molar-refractivity contribution < 1.29 is 18.1 Å². The summed E-state index contributed by atoms with van der Waals surface area (Å²) < 4.78 is 31.4. The fraction of sp³-hybridized carbons (Fsp3) is 0. The van der Waals surface area contributed by atoms with Gasteiger partial charge in [0.25, 0.3) is 5.91 Å². The number of nitrogens with one attached hydrogen (secondary N) is 2. The molecule has 0 aliphatic carbocycles. The van der Waals surface area contributed by atoms with E-state index in [4.69, 9.17) is 4.52 Å². The number of nitrogens with zero attached hydrogens (tertiary/aromatic N) is 2. The summed E-state index contributed by atoms with van der Waals surface area (Å²) in [5.41, 5.74) is 2.66. The van der Waals surface area contributed by atoms with Gasteiger partial charge >= 0.3 is 0 Å². The summed E-state index contributed by atoms with van der Waals surface area (Å²) >= 11 is 0. The summed E-state index contributed by atoms with van der Waals surface area (Å²) in [6, 6.07) is 11.8. The van der Waals surface area contributed by atoms with Crippen LogP contribution in [0.3, 0.4) is 0 Å². The average molecular weight is 366 g/mol. The Morgan fingerprint density at radius 3 is 2.48 bits per heavy atom. The van der Waals surface area contributed by atoms with E-state index < -0.39 is 17.5 Å². The molecule has 0 unspecified atom stereocenters. The summed E-state index contributed by atoms with van der Waals surface area (Å²) in [6.07, 6.45) is 3.28. The SMILES string of the molecule is O=C(Nc1ccc(-c2cnc[nH]2)cc1)c1cc(-c2ccc(F)c(F)c2)on1. The molecular weight excluding hydrogens is 354 g/mol. The molecule has 1 amide bonds. The zero-order chi connectivity index (χ0) is 18.8. The van der Waals surface area contributed by atoms with Crippen molar-refractivity contribution in [2.45, 2.75) is 0 Å². The second-order valence-electron chi connectivity index (χ2n) is 5.70. The number of amides is 1. The number of rotatable bonds is 4. The molecule has 27 heavy (non-hydrogen) atoms. The molecule has 0 fully saturated rings. The Kier molecular flexibility index (Phi) is 4.21. The van der Waals surface area contributed by atoms with E-state index in [1.807, 2.05) is 12.1 Å². The first kappa shape index (κ1) is 16.6. The van der Waals surface area contributed by atoms with Crippen LogP contribution in [-0.4, -0.2) is 21.0 Å². The summed E-state index contributed by atoms with van der Waals surface area (Å²) in [7, 11) is 0. The fourth-order valence-electron chi connectivity index (χ4n) is 2.51. The number of aromatic amines is 1. The van der Waals surface area contributed by atoms with Gasteiger partial charge in [0.1, 0.15) is 0 Å². The quantitative estimate of drug-likeness (QED) is 0.565. The van der Waals surface area contributed by atoms with Crippen LogP contribution in [0.4, 0.5) is 14.5 Å². The van der Waals surface area contributed by atoms with Crippen molar-refractivity contribution in [3.05, 3.63) is 78.4 Å². The second kappa shape index (κ2) is 6.83. The van der Waals surface area contributed by atoms with Crippen molar-refractivity contribution in [3.8, 4) is 22.6 Å². The van der Waals surface area contributed by atoms with Crippen molar-refractivity contribution >= 4 is 11.6 Å². The first-order chi connectivity index (χ1) is 13.1. The molecule has 8 heteroatoms. The number of hydrogen-bond donors (Lipinski definition) is 2. The zero-order valence-electron chi connectivity index (χ0n) is 13.7. The van der Waals surface area contributed by atoms with Crippen LogP contribution >= 0.6 is 0 Å². The van der Waals surface area contributed by atoms with Gasteiger partial charge in [0, 0.05) is 17.3 Å². The van der Waals surface area contributed by atoms with E-state index in [0.717, 1.165) is 23.4 Å². The third-order valence-electron chi connectivity index (χ3n) is 3.90. The van der Waals surface area contributed by atoms with Crippen LogP contribution in [0.5, 0.6) is 0 Å². The fourth-order valence-corrected chi connectivity index (χ4v) is 2.51. The third-order valence-corrected chi connectivity index (χ3v) is 3.90. The van der Waals surface area contributed by atoms with Crippen molar-refractivity contribution in [1.29, 1.82) is 0 Å². The zero-order valence-corrected chi connectivity index (χ0v) is 13.7. The average Bonchev–Trinajstić information content (AvgIpc) is 3.36. The molecule has 0 spiro atoms. The number of H-pyrrole nitrogens is 1. The molecule has 0 atom stereocenters. The van der Waals surface area contributed by atoms with Gasteiger partial charge in [-0.25, -0.2) is 13.8 Å². The Balaban J connectivity index is 1.49. The molecule has 0 bridgehead atoms. The van der Waals surface area contributed by atoms with E-state index in [1.54, 1.807) is 24.7 Å². The van der Waals surface area contributed by atoms with Crippen LogP contribution in [0.15, 0.2) is 65.6 Å². The minimum Gasteiger partial charge on any atom is -0.355 e. The lowest BCUT2D eigenvalue weighted by atomic mass is 10.1. The van der Waals surface area contributed by atoms with E-state index in [1.165, 1.54) is 12.1 Å². The van der Waals surface area contributed by atoms with E-state index in [9.17, 15) is 13.6 Å². The van der Waals surface area contributed by atoms with Crippen LogP contribution in [0.25, 0.3) is 22.6 Å². The third kappa shape index (κ3) is 3.45. The second-order valence-corrected chi connectivity index (χ2v) is 5.70. The van der Waals surface area contributed by atoms with E-state index >= 15 is 0 Å². The predicted octanol–water partition coefficient (Wildman–Crippen LogP) is 4.26. The monoisotopic (exact) mass is 366 g/mol. The summed E-state index contributed by atoms with van der Waals surface area (Å²) in [6.45, 7) is 0. The molecule has 2 N–H and O–H groups in total. The van der Waals surface area contributed by atoms with Crippen LogP contribution in [-0.2, 0) is 0 Å². The number of aromatic nitrogens is 3. The number of hydrogen-bond acceptors (Lipinski definition) is 4. The summed E-state index contributed by atoms with van der Waals surface area (Å²) in [5, 5.41) is 6.38. The van der Waals surface area contributed by atoms with Gasteiger partial charge in [-0.15, -0.1) is 0 Å². The van der Waals surface area contributed by atoms with Gasteiger partial charge in [-0.2, -0.15) is 0 Å².